The van der Waals surface area contributed by atoms with Crippen LogP contribution >= 0.6 is 23.2 Å². The van der Waals surface area contributed by atoms with Gasteiger partial charge in [-0.1, -0.05) is 48.5 Å². The van der Waals surface area contributed by atoms with Crippen LogP contribution in [-0.4, -0.2) is 55.6 Å². The van der Waals surface area contributed by atoms with Gasteiger partial charge < -0.3 is 15.0 Å². The lowest BCUT2D eigenvalue weighted by Gasteiger charge is -2.24. The predicted molar refractivity (Wildman–Crippen MR) is 141 cm³/mol. The number of fused-ring (bicyclic) bond motifs is 1. The van der Waals surface area contributed by atoms with Crippen LogP contribution < -0.4 is 10.2 Å². The van der Waals surface area contributed by atoms with Crippen molar-refractivity contribution >= 4 is 51.5 Å². The molecule has 0 saturated heterocycles. The van der Waals surface area contributed by atoms with Crippen LogP contribution in [-0.2, 0) is 20.7 Å². The summed E-state index contributed by atoms with van der Waals surface area (Å²) >= 11 is 12.0. The van der Waals surface area contributed by atoms with Crippen LogP contribution in [0.25, 0.3) is 21.9 Å². The maximum Gasteiger partial charge on any atom is 0.471 e. The number of amides is 1. The summed E-state index contributed by atoms with van der Waals surface area (Å²) in [6, 6.07) is 17.6. The molecule has 0 aliphatic rings. The van der Waals surface area contributed by atoms with E-state index in [1.54, 1.807) is 23.5 Å². The number of nitrogens with one attached hydrogen (secondary N) is 1. The van der Waals surface area contributed by atoms with Crippen molar-refractivity contribution in [3.8, 4) is 11.1 Å². The molecule has 3 rings (SSSR count). The minimum Gasteiger partial charge on any atom is -0.464 e. The van der Waals surface area contributed by atoms with Gasteiger partial charge in [0.2, 0.25) is 0 Å². The Kier molecular flexibility index (Phi) is 10.1. The highest BCUT2D eigenvalue weighted by atomic mass is 35.5. The third-order valence-electron chi connectivity index (χ3n) is 5.74. The zero-order valence-corrected chi connectivity index (χ0v) is 21.7. The van der Waals surface area contributed by atoms with E-state index in [0.29, 0.717) is 30.4 Å². The molecule has 0 aliphatic carbocycles. The van der Waals surface area contributed by atoms with E-state index in [4.69, 9.17) is 27.9 Å². The number of nitrogens with zero attached hydrogens (tertiary/aromatic N) is 1. The summed E-state index contributed by atoms with van der Waals surface area (Å²) < 4.78 is 43.3. The monoisotopic (exact) mass is 554 g/mol. The van der Waals surface area contributed by atoms with Crippen molar-refractivity contribution in [1.29, 1.82) is 0 Å². The number of rotatable bonds is 11. The highest BCUT2D eigenvalue weighted by Gasteiger charge is 2.41. The van der Waals surface area contributed by atoms with E-state index in [1.165, 1.54) is 6.92 Å². The van der Waals surface area contributed by atoms with Crippen LogP contribution in [0.3, 0.4) is 0 Å². The average Bonchev–Trinajstić information content (AvgIpc) is 2.87. The summed E-state index contributed by atoms with van der Waals surface area (Å²) in [6.07, 6.45) is -5.27. The van der Waals surface area contributed by atoms with Crippen molar-refractivity contribution in [1.82, 2.24) is 5.32 Å². The molecule has 0 bridgehead atoms. The molecular formula is C27H27Cl2F3N2O3. The lowest BCUT2D eigenvalue weighted by atomic mass is 9.97. The van der Waals surface area contributed by atoms with Crippen LogP contribution in [0.1, 0.15) is 12.5 Å². The predicted octanol–water partition coefficient (Wildman–Crippen LogP) is 5.94. The number of halogens is 5. The summed E-state index contributed by atoms with van der Waals surface area (Å²) in [5, 5.41) is 3.78. The first-order valence-electron chi connectivity index (χ1n) is 11.7. The highest BCUT2D eigenvalue weighted by Crippen LogP contribution is 2.31. The molecule has 1 atom stereocenters. The van der Waals surface area contributed by atoms with E-state index in [0.717, 1.165) is 27.6 Å². The molecule has 198 valence electrons. The largest absolute Gasteiger partial charge is 0.471 e. The van der Waals surface area contributed by atoms with Crippen LogP contribution in [0.15, 0.2) is 60.7 Å². The number of alkyl halides is 5. The van der Waals surface area contributed by atoms with Gasteiger partial charge in [-0.05, 0) is 41.1 Å². The van der Waals surface area contributed by atoms with Crippen molar-refractivity contribution in [2.24, 2.45) is 0 Å². The summed E-state index contributed by atoms with van der Waals surface area (Å²) in [7, 11) is 0. The molecule has 37 heavy (non-hydrogen) atoms. The molecule has 0 radical (unpaired) electrons. The Labute approximate surface area is 223 Å². The van der Waals surface area contributed by atoms with Gasteiger partial charge in [0.1, 0.15) is 6.04 Å². The number of carbonyl (C=O) groups excluding carboxylic acids is 2. The fourth-order valence-corrected chi connectivity index (χ4v) is 4.48. The smallest absolute Gasteiger partial charge is 0.464 e. The average molecular weight is 555 g/mol. The second-order valence-electron chi connectivity index (χ2n) is 8.26. The third-order valence-corrected chi connectivity index (χ3v) is 6.08. The summed E-state index contributed by atoms with van der Waals surface area (Å²) in [4.78, 5) is 25.9. The van der Waals surface area contributed by atoms with Crippen molar-refractivity contribution in [3.63, 3.8) is 0 Å². The minimum absolute atomic E-state index is 0.0243. The fourth-order valence-electron chi connectivity index (χ4n) is 4.07. The Morgan fingerprint density at radius 3 is 2.30 bits per heavy atom. The molecule has 10 heteroatoms. The van der Waals surface area contributed by atoms with Crippen molar-refractivity contribution < 1.29 is 27.5 Å². The molecular weight excluding hydrogens is 528 g/mol. The first-order valence-corrected chi connectivity index (χ1v) is 12.8. The van der Waals surface area contributed by atoms with Crippen molar-refractivity contribution in [2.75, 3.05) is 36.4 Å². The molecule has 0 saturated carbocycles. The van der Waals surface area contributed by atoms with Gasteiger partial charge in [-0.2, -0.15) is 13.2 Å². The van der Waals surface area contributed by atoms with Crippen molar-refractivity contribution in [2.45, 2.75) is 25.6 Å². The van der Waals surface area contributed by atoms with Gasteiger partial charge in [0.15, 0.2) is 0 Å². The van der Waals surface area contributed by atoms with E-state index in [9.17, 15) is 22.8 Å². The Bertz CT molecular complexity index is 1230. The van der Waals surface area contributed by atoms with Gasteiger partial charge in [0.25, 0.3) is 0 Å². The summed E-state index contributed by atoms with van der Waals surface area (Å²) in [5.41, 5.74) is 3.30. The quantitative estimate of drug-likeness (QED) is 0.235. The molecule has 3 aromatic carbocycles. The van der Waals surface area contributed by atoms with E-state index in [-0.39, 0.29) is 13.0 Å². The standard InChI is InChI=1S/C27H27Cl2F3N2O3/c1-2-37-25(35)23(33-26(36)27(30,31)32)16-18-5-3-6-19(15-18)20-9-10-22-21(17-20)7-4-8-24(22)34(13-11-28)14-12-29/h3-10,15,17,23H,2,11-14,16H2,1H3,(H,33,36)/t23-/m0/s1. The molecule has 1 N–H and O–H groups in total. The Hall–Kier alpha value is -2.97. The lowest BCUT2D eigenvalue weighted by Crippen LogP contribution is -2.48. The molecule has 0 heterocycles. The maximum atomic E-state index is 12.8. The zero-order valence-electron chi connectivity index (χ0n) is 20.2. The van der Waals surface area contributed by atoms with Crippen LogP contribution in [0.4, 0.5) is 18.9 Å². The number of hydrogen-bond donors (Lipinski definition) is 1. The maximum absolute atomic E-state index is 12.8. The molecule has 0 aliphatic heterocycles. The van der Waals surface area contributed by atoms with Crippen molar-refractivity contribution in [3.05, 3.63) is 66.2 Å². The summed E-state index contributed by atoms with van der Waals surface area (Å²) in [5.74, 6) is -2.19. The van der Waals surface area contributed by atoms with Crippen LogP contribution in [0.2, 0.25) is 0 Å². The Morgan fingerprint density at radius 1 is 0.973 bits per heavy atom. The van der Waals surface area contributed by atoms with E-state index in [2.05, 4.69) is 4.90 Å². The first-order chi connectivity index (χ1) is 17.7. The SMILES string of the molecule is CCOC(=O)[C@H](Cc1cccc(-c2ccc3c(N(CCCl)CCCl)cccc3c2)c1)NC(=O)C(F)(F)F. The number of anilines is 1. The number of hydrogen-bond acceptors (Lipinski definition) is 4. The molecule has 1 amide bonds. The molecule has 0 spiro atoms. The van der Waals surface area contributed by atoms with Gasteiger partial charge in [-0.15, -0.1) is 23.2 Å². The Balaban J connectivity index is 1.90. The number of ether oxygens (including phenoxy) is 1. The Morgan fingerprint density at radius 2 is 1.65 bits per heavy atom. The van der Waals surface area contributed by atoms with Crippen LogP contribution in [0.5, 0.6) is 0 Å². The first kappa shape index (κ1) is 28.6. The van der Waals surface area contributed by atoms with Gasteiger partial charge >= 0.3 is 18.1 Å². The summed E-state index contributed by atoms with van der Waals surface area (Å²) in [6.45, 7) is 2.83. The molecule has 3 aromatic rings. The highest BCUT2D eigenvalue weighted by molar-refractivity contribution is 6.18. The number of carbonyl (C=O) groups is 2. The normalized spacial score (nSPS) is 12.3. The zero-order chi connectivity index (χ0) is 27.0. The van der Waals surface area contributed by atoms with E-state index in [1.807, 2.05) is 42.5 Å². The van der Waals surface area contributed by atoms with E-state index >= 15 is 0 Å². The topological polar surface area (TPSA) is 58.6 Å². The van der Waals surface area contributed by atoms with Crippen LogP contribution in [0, 0.1) is 0 Å². The molecule has 0 unspecified atom stereocenters. The molecule has 5 nitrogen and oxygen atoms in total. The second-order valence-corrected chi connectivity index (χ2v) is 9.01. The van der Waals surface area contributed by atoms with Gasteiger partial charge in [0.05, 0.1) is 6.61 Å². The molecule has 0 fully saturated rings. The fraction of sp³-hybridized carbons (Fsp3) is 0.333. The van der Waals surface area contributed by atoms with Gasteiger partial charge in [0, 0.05) is 42.3 Å². The number of esters is 1. The molecule has 0 aromatic heterocycles. The second kappa shape index (κ2) is 13.0. The minimum atomic E-state index is -5.11. The van der Waals surface area contributed by atoms with Gasteiger partial charge in [-0.3, -0.25) is 4.79 Å². The van der Waals surface area contributed by atoms with Gasteiger partial charge in [-0.25, -0.2) is 4.79 Å². The lowest BCUT2D eigenvalue weighted by molar-refractivity contribution is -0.175. The number of benzene rings is 3. The third kappa shape index (κ3) is 7.52. The van der Waals surface area contributed by atoms with E-state index < -0.39 is 24.1 Å².